The molecule has 9 heteroatoms. The first kappa shape index (κ1) is 19.1. The van der Waals surface area contributed by atoms with Gasteiger partial charge < -0.3 is 14.4 Å². The van der Waals surface area contributed by atoms with E-state index >= 15 is 0 Å². The van der Waals surface area contributed by atoms with Crippen LogP contribution < -0.4 is 0 Å². The van der Waals surface area contributed by atoms with E-state index in [1.807, 2.05) is 0 Å². The fourth-order valence-corrected chi connectivity index (χ4v) is 5.34. The van der Waals surface area contributed by atoms with E-state index in [0.717, 1.165) is 0 Å². The van der Waals surface area contributed by atoms with E-state index in [-0.39, 0.29) is 29.9 Å². The van der Waals surface area contributed by atoms with E-state index in [0.29, 0.717) is 31.9 Å². The minimum absolute atomic E-state index is 0.0768. The molecule has 0 radical (unpaired) electrons. The molecule has 0 aliphatic carbocycles. The maximum atomic E-state index is 12.8. The lowest BCUT2D eigenvalue weighted by Gasteiger charge is -2.38. The molecule has 3 heterocycles. The number of benzene rings is 1. The third kappa shape index (κ3) is 3.58. The van der Waals surface area contributed by atoms with Crippen molar-refractivity contribution in [2.75, 3.05) is 39.3 Å². The molecule has 0 bridgehead atoms. The Kier molecular flexibility index (Phi) is 5.24. The van der Waals surface area contributed by atoms with Crippen LogP contribution in [0.5, 0.6) is 0 Å². The molecule has 8 nitrogen and oxygen atoms in total. The summed E-state index contributed by atoms with van der Waals surface area (Å²) in [6.45, 7) is 2.49. The molecule has 4 rings (SSSR count). The van der Waals surface area contributed by atoms with E-state index in [2.05, 4.69) is 4.90 Å². The number of hydrogen-bond acceptors (Lipinski definition) is 6. The van der Waals surface area contributed by atoms with Gasteiger partial charge in [0.1, 0.15) is 0 Å². The van der Waals surface area contributed by atoms with Gasteiger partial charge in [0.2, 0.25) is 10.0 Å². The highest BCUT2D eigenvalue weighted by molar-refractivity contribution is 7.89. The normalized spacial score (nSPS) is 24.5. The Morgan fingerprint density at radius 1 is 1.00 bits per heavy atom. The number of furan rings is 1. The van der Waals surface area contributed by atoms with Gasteiger partial charge in [0.05, 0.1) is 23.3 Å². The molecule has 2 aliphatic rings. The summed E-state index contributed by atoms with van der Waals surface area (Å²) in [6.07, 6.45) is 0.714. The lowest BCUT2D eigenvalue weighted by Crippen LogP contribution is -2.54. The molecule has 0 saturated carbocycles. The van der Waals surface area contributed by atoms with E-state index in [9.17, 15) is 18.3 Å². The van der Waals surface area contributed by atoms with Gasteiger partial charge >= 0.3 is 0 Å². The molecule has 2 aliphatic heterocycles. The van der Waals surface area contributed by atoms with Crippen molar-refractivity contribution < 1.29 is 22.7 Å². The minimum Gasteiger partial charge on any atom is -0.459 e. The Labute approximate surface area is 164 Å². The smallest absolute Gasteiger partial charge is 0.289 e. The average molecular weight is 405 g/mol. The first-order chi connectivity index (χ1) is 13.5. The highest BCUT2D eigenvalue weighted by Crippen LogP contribution is 2.25. The fourth-order valence-electron chi connectivity index (χ4n) is 3.84. The van der Waals surface area contributed by atoms with Gasteiger partial charge in [-0.2, -0.15) is 4.31 Å². The maximum Gasteiger partial charge on any atom is 0.289 e. The molecule has 150 valence electrons. The molecule has 1 aromatic heterocycles. The van der Waals surface area contributed by atoms with E-state index < -0.39 is 16.1 Å². The Morgan fingerprint density at radius 2 is 1.71 bits per heavy atom. The number of aliphatic hydroxyl groups excluding tert-OH is 1. The van der Waals surface area contributed by atoms with Gasteiger partial charge in [-0.25, -0.2) is 8.42 Å². The summed E-state index contributed by atoms with van der Waals surface area (Å²) in [5, 5.41) is 10.5. The van der Waals surface area contributed by atoms with Crippen LogP contribution in [0.15, 0.2) is 58.0 Å². The summed E-state index contributed by atoms with van der Waals surface area (Å²) in [5.74, 6) is 0.166. The van der Waals surface area contributed by atoms with Crippen molar-refractivity contribution in [3.8, 4) is 0 Å². The molecule has 1 aromatic carbocycles. The van der Waals surface area contributed by atoms with E-state index in [4.69, 9.17) is 4.42 Å². The molecule has 1 N–H and O–H groups in total. The van der Waals surface area contributed by atoms with Crippen LogP contribution in [-0.2, 0) is 10.0 Å². The molecule has 2 saturated heterocycles. The summed E-state index contributed by atoms with van der Waals surface area (Å²) in [5.41, 5.74) is 0. The van der Waals surface area contributed by atoms with Crippen LogP contribution >= 0.6 is 0 Å². The number of carbonyl (C=O) groups is 1. The third-order valence-electron chi connectivity index (χ3n) is 5.41. The number of hydrogen-bond donors (Lipinski definition) is 1. The molecular formula is C19H23N3O5S. The average Bonchev–Trinajstić information content (AvgIpc) is 3.38. The predicted molar refractivity (Wildman–Crippen MR) is 101 cm³/mol. The second-order valence-corrected chi connectivity index (χ2v) is 9.01. The maximum absolute atomic E-state index is 12.8. The zero-order valence-corrected chi connectivity index (χ0v) is 16.2. The number of rotatable bonds is 4. The van der Waals surface area contributed by atoms with Gasteiger partial charge in [-0.05, 0) is 24.3 Å². The quantitative estimate of drug-likeness (QED) is 0.795. The Morgan fingerprint density at radius 3 is 2.36 bits per heavy atom. The highest BCUT2D eigenvalue weighted by atomic mass is 32.2. The minimum atomic E-state index is -3.63. The number of piperazine rings is 1. The highest BCUT2D eigenvalue weighted by Gasteiger charge is 2.42. The van der Waals surface area contributed by atoms with Crippen LogP contribution in [0, 0.1) is 0 Å². The molecule has 2 atom stereocenters. The molecular weight excluding hydrogens is 382 g/mol. The summed E-state index contributed by atoms with van der Waals surface area (Å²) in [6, 6.07) is 11.3. The van der Waals surface area contributed by atoms with Gasteiger partial charge in [-0.3, -0.25) is 9.69 Å². The summed E-state index contributed by atoms with van der Waals surface area (Å²) >= 11 is 0. The number of nitrogens with zero attached hydrogens (tertiary/aromatic N) is 3. The second kappa shape index (κ2) is 7.67. The van der Waals surface area contributed by atoms with Crippen LogP contribution in [0.2, 0.25) is 0 Å². The zero-order chi connectivity index (χ0) is 19.7. The lowest BCUT2D eigenvalue weighted by atomic mass is 10.1. The molecule has 1 amide bonds. The predicted octanol–water partition coefficient (Wildman–Crippen LogP) is 0.471. The summed E-state index contributed by atoms with van der Waals surface area (Å²) in [7, 11) is -3.63. The zero-order valence-electron chi connectivity index (χ0n) is 15.3. The molecule has 0 spiro atoms. The van der Waals surface area contributed by atoms with Crippen molar-refractivity contribution in [3.63, 3.8) is 0 Å². The van der Waals surface area contributed by atoms with Crippen molar-refractivity contribution in [2.45, 2.75) is 17.0 Å². The van der Waals surface area contributed by atoms with Crippen LogP contribution in [0.25, 0.3) is 0 Å². The molecule has 2 fully saturated rings. The Bertz CT molecular complexity index is 908. The molecule has 2 aromatic rings. The third-order valence-corrected chi connectivity index (χ3v) is 7.25. The monoisotopic (exact) mass is 405 g/mol. The molecule has 0 unspecified atom stereocenters. The fraction of sp³-hybridized carbons (Fsp3) is 0.421. The van der Waals surface area contributed by atoms with Crippen LogP contribution in [0.4, 0.5) is 0 Å². The lowest BCUT2D eigenvalue weighted by molar-refractivity contribution is 0.0360. The van der Waals surface area contributed by atoms with Crippen LogP contribution in [0.3, 0.4) is 0 Å². The van der Waals surface area contributed by atoms with E-state index in [1.165, 1.54) is 10.6 Å². The first-order valence-corrected chi connectivity index (χ1v) is 10.7. The van der Waals surface area contributed by atoms with Gasteiger partial charge in [0, 0.05) is 39.3 Å². The standard InChI is InChI=1S/C19H23N3O5S/c23-17-14-22(28(25,26)15-5-2-1-3-6-15)13-16(17)20-8-10-21(11-9-20)19(24)18-7-4-12-27-18/h1-7,12,16-17,23H,8-11,13-14H2/t16-,17-/m0/s1. The first-order valence-electron chi connectivity index (χ1n) is 9.27. The number of aliphatic hydroxyl groups is 1. The second-order valence-electron chi connectivity index (χ2n) is 7.08. The van der Waals surface area contributed by atoms with Crippen molar-refractivity contribution >= 4 is 15.9 Å². The number of sulfonamides is 1. The Hall–Kier alpha value is -2.20. The van der Waals surface area contributed by atoms with Gasteiger partial charge in [0.15, 0.2) is 5.76 Å². The van der Waals surface area contributed by atoms with Crippen molar-refractivity contribution in [1.29, 1.82) is 0 Å². The van der Waals surface area contributed by atoms with Gasteiger partial charge in [-0.1, -0.05) is 18.2 Å². The number of carbonyl (C=O) groups excluding carboxylic acids is 1. The van der Waals surface area contributed by atoms with Crippen LogP contribution in [0.1, 0.15) is 10.6 Å². The van der Waals surface area contributed by atoms with Crippen molar-refractivity contribution in [2.24, 2.45) is 0 Å². The van der Waals surface area contributed by atoms with E-state index in [1.54, 1.807) is 47.4 Å². The van der Waals surface area contributed by atoms with Crippen molar-refractivity contribution in [3.05, 3.63) is 54.5 Å². The van der Waals surface area contributed by atoms with Crippen LogP contribution in [-0.4, -0.2) is 85.0 Å². The van der Waals surface area contributed by atoms with Gasteiger partial charge in [-0.15, -0.1) is 0 Å². The number of β-amino-alcohol motifs (C(OH)–C–C–N with tert-alkyl or cyclic N) is 1. The Balaban J connectivity index is 1.39. The largest absolute Gasteiger partial charge is 0.459 e. The number of amides is 1. The van der Waals surface area contributed by atoms with Crippen molar-refractivity contribution in [1.82, 2.24) is 14.1 Å². The topological polar surface area (TPSA) is 94.3 Å². The summed E-state index contributed by atoms with van der Waals surface area (Å²) < 4.78 is 32.1. The molecule has 28 heavy (non-hydrogen) atoms. The van der Waals surface area contributed by atoms with Gasteiger partial charge in [0.25, 0.3) is 5.91 Å². The SMILES string of the molecule is O=C(c1ccco1)N1CCN([C@H]2CN(S(=O)(=O)c3ccccc3)C[C@@H]2O)CC1. The summed E-state index contributed by atoms with van der Waals surface area (Å²) in [4.78, 5) is 16.4.